The zero-order valence-electron chi connectivity index (χ0n) is 12.7. The largest absolute Gasteiger partial charge is 0.467 e. The lowest BCUT2D eigenvalue weighted by molar-refractivity contribution is -0.146. The number of nitrogens with zero attached hydrogens (tertiary/aromatic N) is 1. The third kappa shape index (κ3) is 5.98. The van der Waals surface area contributed by atoms with Gasteiger partial charge in [-0.2, -0.15) is 0 Å². The summed E-state index contributed by atoms with van der Waals surface area (Å²) < 4.78 is 29.0. The summed E-state index contributed by atoms with van der Waals surface area (Å²) in [6.07, 6.45) is 0.965. The number of hydrogen-bond acceptors (Lipinski definition) is 7. The van der Waals surface area contributed by atoms with Crippen LogP contribution in [0.15, 0.2) is 5.38 Å². The molecule has 0 aliphatic rings. The molecule has 0 saturated heterocycles. The van der Waals surface area contributed by atoms with Gasteiger partial charge in [0.25, 0.3) is 0 Å². The maximum absolute atomic E-state index is 11.9. The van der Waals surface area contributed by atoms with Gasteiger partial charge in [0.15, 0.2) is 5.13 Å². The minimum atomic E-state index is -3.40. The summed E-state index contributed by atoms with van der Waals surface area (Å²) in [4.78, 5) is 27.5. The minimum absolute atomic E-state index is 0.0534. The van der Waals surface area contributed by atoms with Crippen LogP contribution >= 0.6 is 11.3 Å². The molecule has 1 amide bonds. The predicted molar refractivity (Wildman–Crippen MR) is 83.1 cm³/mol. The molecule has 0 bridgehead atoms. The van der Waals surface area contributed by atoms with Gasteiger partial charge in [0, 0.05) is 5.38 Å². The molecule has 0 unspecified atom stereocenters. The van der Waals surface area contributed by atoms with Crippen molar-refractivity contribution in [2.75, 3.05) is 18.1 Å². The molecule has 22 heavy (non-hydrogen) atoms. The van der Waals surface area contributed by atoms with Crippen LogP contribution in [0.25, 0.3) is 0 Å². The number of ether oxygens (including phenoxy) is 1. The number of sulfonamides is 1. The van der Waals surface area contributed by atoms with Crippen LogP contribution in [-0.4, -0.2) is 44.7 Å². The average Bonchev–Trinajstić information content (AvgIpc) is 2.79. The van der Waals surface area contributed by atoms with Crippen LogP contribution in [0, 0.1) is 5.92 Å². The molecular formula is C12H19N3O5S2. The van der Waals surface area contributed by atoms with E-state index in [0.717, 1.165) is 17.6 Å². The predicted octanol–water partition coefficient (Wildman–Crippen LogP) is 0.371. The number of aromatic nitrogens is 1. The highest BCUT2D eigenvalue weighted by atomic mass is 32.2. The molecule has 0 fully saturated rings. The van der Waals surface area contributed by atoms with E-state index in [2.05, 4.69) is 19.8 Å². The molecule has 1 atom stereocenters. The second-order valence-corrected chi connectivity index (χ2v) is 7.61. The molecule has 2 N–H and O–H groups in total. The van der Waals surface area contributed by atoms with E-state index in [4.69, 9.17) is 0 Å². The summed E-state index contributed by atoms with van der Waals surface area (Å²) in [7, 11) is -2.14. The van der Waals surface area contributed by atoms with Gasteiger partial charge in [-0.25, -0.2) is 18.2 Å². The van der Waals surface area contributed by atoms with Gasteiger partial charge in [-0.1, -0.05) is 13.8 Å². The highest BCUT2D eigenvalue weighted by Crippen LogP contribution is 2.17. The van der Waals surface area contributed by atoms with Gasteiger partial charge in [0.05, 0.1) is 25.5 Å². The van der Waals surface area contributed by atoms with Crippen LogP contribution in [0.1, 0.15) is 19.5 Å². The first-order valence-corrected chi connectivity index (χ1v) is 9.19. The van der Waals surface area contributed by atoms with Crippen molar-refractivity contribution in [2.45, 2.75) is 26.3 Å². The number of thiazole rings is 1. The lowest BCUT2D eigenvalue weighted by Gasteiger charge is -2.19. The molecule has 1 aromatic heterocycles. The average molecular weight is 349 g/mol. The van der Waals surface area contributed by atoms with E-state index in [1.807, 2.05) is 0 Å². The van der Waals surface area contributed by atoms with Crippen LogP contribution in [0.4, 0.5) is 5.13 Å². The van der Waals surface area contributed by atoms with Crippen molar-refractivity contribution in [3.05, 3.63) is 11.1 Å². The Hall–Kier alpha value is -1.68. The lowest BCUT2D eigenvalue weighted by Crippen LogP contribution is -2.45. The maximum atomic E-state index is 11.9. The van der Waals surface area contributed by atoms with E-state index in [0.29, 0.717) is 5.69 Å². The lowest BCUT2D eigenvalue weighted by atomic mass is 10.0. The van der Waals surface area contributed by atoms with E-state index in [9.17, 15) is 18.0 Å². The van der Waals surface area contributed by atoms with E-state index in [1.165, 1.54) is 7.11 Å². The monoisotopic (exact) mass is 349 g/mol. The van der Waals surface area contributed by atoms with E-state index in [1.54, 1.807) is 19.2 Å². The van der Waals surface area contributed by atoms with Crippen molar-refractivity contribution < 1.29 is 22.7 Å². The number of esters is 1. The smallest absolute Gasteiger partial charge is 0.328 e. The van der Waals surface area contributed by atoms with Gasteiger partial charge in [-0.3, -0.25) is 9.52 Å². The quantitative estimate of drug-likeness (QED) is 0.688. The third-order valence-electron chi connectivity index (χ3n) is 2.60. The third-order valence-corrected chi connectivity index (χ3v) is 4.10. The number of methoxy groups -OCH3 is 1. The molecule has 0 spiro atoms. The summed E-state index contributed by atoms with van der Waals surface area (Å²) in [6.45, 7) is 3.58. The molecule has 124 valence electrons. The first-order valence-electron chi connectivity index (χ1n) is 6.41. The maximum Gasteiger partial charge on any atom is 0.328 e. The van der Waals surface area contributed by atoms with E-state index in [-0.39, 0.29) is 23.4 Å². The number of anilines is 1. The molecule has 0 aliphatic heterocycles. The van der Waals surface area contributed by atoms with Crippen molar-refractivity contribution in [1.29, 1.82) is 0 Å². The van der Waals surface area contributed by atoms with Crippen molar-refractivity contribution in [3.63, 3.8) is 0 Å². The molecule has 0 aliphatic carbocycles. The van der Waals surface area contributed by atoms with Gasteiger partial charge < -0.3 is 10.1 Å². The number of rotatable bonds is 7. The first kappa shape index (κ1) is 18.4. The van der Waals surface area contributed by atoms with Gasteiger partial charge >= 0.3 is 5.97 Å². The SMILES string of the molecule is COC(=O)[C@@H](NC(=O)Cc1csc(NS(C)(=O)=O)n1)C(C)C. The van der Waals surface area contributed by atoms with Crippen molar-refractivity contribution in [1.82, 2.24) is 10.3 Å². The normalized spacial score (nSPS) is 12.8. The highest BCUT2D eigenvalue weighted by Gasteiger charge is 2.25. The zero-order valence-corrected chi connectivity index (χ0v) is 14.4. The van der Waals surface area contributed by atoms with Gasteiger partial charge in [-0.05, 0) is 5.92 Å². The van der Waals surface area contributed by atoms with E-state index >= 15 is 0 Å². The molecule has 10 heteroatoms. The van der Waals surface area contributed by atoms with Crippen LogP contribution in [-0.2, 0) is 30.8 Å². The van der Waals surface area contributed by atoms with Crippen LogP contribution in [0.5, 0.6) is 0 Å². The fourth-order valence-corrected chi connectivity index (χ4v) is 3.17. The Bertz CT molecular complexity index is 639. The summed E-state index contributed by atoms with van der Waals surface area (Å²) in [6, 6.07) is -0.732. The zero-order chi connectivity index (χ0) is 16.9. The molecule has 0 radical (unpaired) electrons. The molecular weight excluding hydrogens is 330 g/mol. The number of hydrogen-bond donors (Lipinski definition) is 2. The van der Waals surface area contributed by atoms with Gasteiger partial charge in [-0.15, -0.1) is 11.3 Å². The second-order valence-electron chi connectivity index (χ2n) is 5.01. The van der Waals surface area contributed by atoms with Crippen molar-refractivity contribution in [2.24, 2.45) is 5.92 Å². The number of carbonyl (C=O) groups excluding carboxylic acids is 2. The molecule has 1 aromatic rings. The Kier molecular flexibility index (Phi) is 6.30. The Morgan fingerprint density at radius 1 is 1.41 bits per heavy atom. The second kappa shape index (κ2) is 7.54. The van der Waals surface area contributed by atoms with Gasteiger partial charge in [0.1, 0.15) is 6.04 Å². The standard InChI is InChI=1S/C12H19N3O5S2/c1-7(2)10(11(17)20-3)14-9(16)5-8-6-21-12(13-8)15-22(4,18)19/h6-7,10H,5H2,1-4H3,(H,13,15)(H,14,16)/t10-/m0/s1. The van der Waals surface area contributed by atoms with Crippen LogP contribution in [0.3, 0.4) is 0 Å². The Morgan fingerprint density at radius 2 is 2.05 bits per heavy atom. The summed E-state index contributed by atoms with van der Waals surface area (Å²) in [5, 5.41) is 4.36. The number of nitrogens with one attached hydrogen (secondary N) is 2. The molecule has 0 aromatic carbocycles. The summed E-state index contributed by atoms with van der Waals surface area (Å²) >= 11 is 1.08. The van der Waals surface area contributed by atoms with Crippen LogP contribution in [0.2, 0.25) is 0 Å². The topological polar surface area (TPSA) is 114 Å². The van der Waals surface area contributed by atoms with Crippen molar-refractivity contribution >= 4 is 38.4 Å². The first-order chi connectivity index (χ1) is 10.1. The van der Waals surface area contributed by atoms with Gasteiger partial charge in [0.2, 0.25) is 15.9 Å². The molecule has 1 heterocycles. The Morgan fingerprint density at radius 3 is 2.55 bits per heavy atom. The Labute approximate surface area is 133 Å². The highest BCUT2D eigenvalue weighted by molar-refractivity contribution is 7.92. The summed E-state index contributed by atoms with van der Waals surface area (Å²) in [5.41, 5.74) is 0.418. The van der Waals surface area contributed by atoms with Crippen LogP contribution < -0.4 is 10.0 Å². The number of carbonyl (C=O) groups is 2. The van der Waals surface area contributed by atoms with E-state index < -0.39 is 22.0 Å². The fraction of sp³-hybridized carbons (Fsp3) is 0.583. The van der Waals surface area contributed by atoms with Crippen molar-refractivity contribution in [3.8, 4) is 0 Å². The fourth-order valence-electron chi connectivity index (χ4n) is 1.61. The molecule has 0 saturated carbocycles. The molecule has 8 nitrogen and oxygen atoms in total. The molecule has 1 rings (SSSR count). The summed E-state index contributed by atoms with van der Waals surface area (Å²) in [5.74, 6) is -1.02. The Balaban J connectivity index is 2.67. The minimum Gasteiger partial charge on any atom is -0.467 e. The number of amides is 1.